The number of hydrogen-bond acceptors (Lipinski definition) is 5. The molecule has 2 aliphatic rings. The quantitative estimate of drug-likeness (QED) is 0.579. The molecule has 2 aliphatic heterocycles. The Labute approximate surface area is 197 Å². The van der Waals surface area contributed by atoms with Crippen molar-refractivity contribution in [1.82, 2.24) is 24.4 Å². The van der Waals surface area contributed by atoms with Crippen LogP contribution >= 0.6 is 0 Å². The lowest BCUT2D eigenvalue weighted by Gasteiger charge is -2.22. The van der Waals surface area contributed by atoms with E-state index in [0.29, 0.717) is 30.1 Å². The number of ether oxygens (including phenoxy) is 1. The van der Waals surface area contributed by atoms with Crippen LogP contribution in [-0.4, -0.2) is 56.2 Å². The predicted molar refractivity (Wildman–Crippen MR) is 126 cm³/mol. The van der Waals surface area contributed by atoms with Gasteiger partial charge in [0.15, 0.2) is 0 Å². The lowest BCUT2D eigenvalue weighted by molar-refractivity contribution is -0.122. The van der Waals surface area contributed by atoms with Crippen LogP contribution in [0.4, 0.5) is 0 Å². The zero-order valence-electron chi connectivity index (χ0n) is 19.5. The highest BCUT2D eigenvalue weighted by atomic mass is 16.5. The van der Waals surface area contributed by atoms with Gasteiger partial charge in [-0.25, -0.2) is 0 Å². The van der Waals surface area contributed by atoms with E-state index < -0.39 is 0 Å². The summed E-state index contributed by atoms with van der Waals surface area (Å²) in [6, 6.07) is 11.3. The van der Waals surface area contributed by atoms with E-state index in [0.717, 1.165) is 24.8 Å². The number of carbonyl (C=O) groups is 2. The minimum absolute atomic E-state index is 0.0193. The number of carbonyl (C=O) groups excluding carboxylic acids is 2. The van der Waals surface area contributed by atoms with Gasteiger partial charge in [-0.2, -0.15) is 9.61 Å². The first-order valence-corrected chi connectivity index (χ1v) is 11.9. The predicted octanol–water partition coefficient (Wildman–Crippen LogP) is 2.21. The average Bonchev–Trinajstić information content (AvgIpc) is 3.60. The summed E-state index contributed by atoms with van der Waals surface area (Å²) in [7, 11) is 0. The minimum Gasteiger partial charge on any atom is -0.376 e. The van der Waals surface area contributed by atoms with Crippen LogP contribution in [0.3, 0.4) is 0 Å². The number of hydrogen-bond donors (Lipinski definition) is 1. The normalized spacial score (nSPS) is 18.5. The van der Waals surface area contributed by atoms with E-state index in [1.54, 1.807) is 15.5 Å². The van der Waals surface area contributed by atoms with Gasteiger partial charge < -0.3 is 19.5 Å². The number of amides is 2. The molecule has 2 amide bonds. The minimum atomic E-state index is -0.317. The third-order valence-electron chi connectivity index (χ3n) is 6.81. The number of benzene rings is 1. The largest absolute Gasteiger partial charge is 0.376 e. The van der Waals surface area contributed by atoms with Crippen LogP contribution in [0.5, 0.6) is 0 Å². The lowest BCUT2D eigenvalue weighted by Crippen LogP contribution is -2.37. The van der Waals surface area contributed by atoms with Crippen molar-refractivity contribution < 1.29 is 14.3 Å². The highest BCUT2D eigenvalue weighted by Gasteiger charge is 2.37. The molecule has 1 N–H and O–H groups in total. The molecular weight excluding hydrogens is 434 g/mol. The van der Waals surface area contributed by atoms with Crippen LogP contribution < -0.4 is 10.9 Å². The third-order valence-corrected chi connectivity index (χ3v) is 6.81. The molecule has 1 fully saturated rings. The van der Waals surface area contributed by atoms with E-state index >= 15 is 0 Å². The second-order valence-corrected chi connectivity index (χ2v) is 9.01. The molecule has 9 heteroatoms. The van der Waals surface area contributed by atoms with Crippen LogP contribution in [0.2, 0.25) is 0 Å². The summed E-state index contributed by atoms with van der Waals surface area (Å²) in [5.41, 5.74) is 2.24. The molecule has 1 aromatic carbocycles. The van der Waals surface area contributed by atoms with Crippen molar-refractivity contribution in [3.63, 3.8) is 0 Å². The number of rotatable bonds is 7. The van der Waals surface area contributed by atoms with E-state index in [2.05, 4.69) is 10.4 Å². The summed E-state index contributed by atoms with van der Waals surface area (Å²) >= 11 is 0. The smallest absolute Gasteiger partial charge is 0.280 e. The Morgan fingerprint density at radius 2 is 2.06 bits per heavy atom. The first-order valence-electron chi connectivity index (χ1n) is 11.9. The number of nitrogens with one attached hydrogen (secondary N) is 1. The maximum absolute atomic E-state index is 13.4. The van der Waals surface area contributed by atoms with E-state index in [4.69, 9.17) is 4.74 Å². The molecule has 2 aromatic heterocycles. The third kappa shape index (κ3) is 3.90. The molecule has 0 spiro atoms. The lowest BCUT2D eigenvalue weighted by atomic mass is 10.1. The molecule has 2 unspecified atom stereocenters. The summed E-state index contributed by atoms with van der Waals surface area (Å²) in [4.78, 5) is 41.5. The summed E-state index contributed by atoms with van der Waals surface area (Å²) in [5, 5.41) is 7.48. The zero-order valence-corrected chi connectivity index (χ0v) is 19.5. The van der Waals surface area contributed by atoms with Crippen molar-refractivity contribution in [2.75, 3.05) is 13.2 Å². The molecule has 0 bridgehead atoms. The van der Waals surface area contributed by atoms with Crippen LogP contribution in [0.25, 0.3) is 16.9 Å². The number of aromatic nitrogens is 3. The molecule has 5 rings (SSSR count). The molecule has 34 heavy (non-hydrogen) atoms. The van der Waals surface area contributed by atoms with Crippen molar-refractivity contribution in [1.29, 1.82) is 0 Å². The van der Waals surface area contributed by atoms with Crippen molar-refractivity contribution in [2.45, 2.75) is 58.3 Å². The van der Waals surface area contributed by atoms with E-state index in [1.165, 1.54) is 4.52 Å². The second-order valence-electron chi connectivity index (χ2n) is 9.01. The maximum Gasteiger partial charge on any atom is 0.280 e. The molecule has 4 heterocycles. The standard InChI is InChI=1S/C25H29N5O4/c1-3-16(2)28-14-19-23(25(28)33)29(15-21(31)26-13-18-10-7-11-34-18)22-12-20(27-30(22)24(19)32)17-8-5-4-6-9-17/h4-6,8-9,12,16,18H,3,7,10-11,13-15H2,1-2H3,(H,26,31). The molecule has 9 nitrogen and oxygen atoms in total. The van der Waals surface area contributed by atoms with Gasteiger partial charge in [-0.1, -0.05) is 37.3 Å². The summed E-state index contributed by atoms with van der Waals surface area (Å²) in [6.45, 7) is 5.25. The first-order chi connectivity index (χ1) is 16.5. The Balaban J connectivity index is 1.57. The van der Waals surface area contributed by atoms with Gasteiger partial charge in [0.2, 0.25) is 5.91 Å². The van der Waals surface area contributed by atoms with E-state index in [-0.39, 0.29) is 48.3 Å². The Kier molecular flexibility index (Phi) is 5.95. The highest BCUT2D eigenvalue weighted by molar-refractivity contribution is 5.98. The fourth-order valence-corrected chi connectivity index (χ4v) is 4.70. The molecular formula is C25H29N5O4. The second kappa shape index (κ2) is 9.06. The number of nitrogens with zero attached hydrogens (tertiary/aromatic N) is 4. The molecule has 178 valence electrons. The van der Waals surface area contributed by atoms with Crippen LogP contribution in [0, 0.1) is 0 Å². The highest BCUT2D eigenvalue weighted by Crippen LogP contribution is 2.27. The zero-order chi connectivity index (χ0) is 23.8. The summed E-state index contributed by atoms with van der Waals surface area (Å²) < 4.78 is 8.56. The van der Waals surface area contributed by atoms with Gasteiger partial charge in [-0.15, -0.1) is 0 Å². The van der Waals surface area contributed by atoms with Crippen molar-refractivity contribution in [3.8, 4) is 11.3 Å². The molecule has 0 aliphatic carbocycles. The van der Waals surface area contributed by atoms with Gasteiger partial charge in [0, 0.05) is 30.8 Å². The van der Waals surface area contributed by atoms with Gasteiger partial charge >= 0.3 is 0 Å². The topological polar surface area (TPSA) is 97.9 Å². The van der Waals surface area contributed by atoms with Gasteiger partial charge in [-0.3, -0.25) is 14.4 Å². The van der Waals surface area contributed by atoms with E-state index in [9.17, 15) is 14.4 Å². The Bertz CT molecular complexity index is 1290. The molecule has 2 atom stereocenters. The van der Waals surface area contributed by atoms with Crippen molar-refractivity contribution in [2.24, 2.45) is 0 Å². The van der Waals surface area contributed by atoms with Gasteiger partial charge in [0.1, 0.15) is 17.9 Å². The summed E-state index contributed by atoms with van der Waals surface area (Å²) in [6.07, 6.45) is 2.70. The van der Waals surface area contributed by atoms with Crippen LogP contribution in [0.1, 0.15) is 49.2 Å². The van der Waals surface area contributed by atoms with Crippen LogP contribution in [-0.2, 0) is 22.6 Å². The number of fused-ring (bicyclic) bond motifs is 2. The van der Waals surface area contributed by atoms with Gasteiger partial charge in [0.05, 0.1) is 23.9 Å². The van der Waals surface area contributed by atoms with Crippen molar-refractivity contribution >= 4 is 17.5 Å². The molecule has 0 saturated carbocycles. The maximum atomic E-state index is 13.4. The van der Waals surface area contributed by atoms with E-state index in [1.807, 2.05) is 44.2 Å². The Morgan fingerprint density at radius 1 is 1.26 bits per heavy atom. The SMILES string of the molecule is CCC(C)N1Cc2c(n(CC(=O)NCC3CCCO3)c3cc(-c4ccccc4)nn3c2=O)C1=O. The summed E-state index contributed by atoms with van der Waals surface area (Å²) in [5.74, 6) is -0.459. The van der Waals surface area contributed by atoms with Crippen LogP contribution in [0.15, 0.2) is 41.2 Å². The van der Waals surface area contributed by atoms with Gasteiger partial charge in [-0.05, 0) is 26.2 Å². The fourth-order valence-electron chi connectivity index (χ4n) is 4.70. The Morgan fingerprint density at radius 3 is 2.76 bits per heavy atom. The monoisotopic (exact) mass is 463 g/mol. The fraction of sp³-hybridized carbons (Fsp3) is 0.440. The Hall–Kier alpha value is -3.46. The van der Waals surface area contributed by atoms with Crippen molar-refractivity contribution in [3.05, 3.63) is 58.0 Å². The molecule has 1 saturated heterocycles. The average molecular weight is 464 g/mol. The first kappa shape index (κ1) is 22.3. The van der Waals surface area contributed by atoms with Gasteiger partial charge in [0.25, 0.3) is 11.5 Å². The molecule has 3 aromatic rings. The molecule has 0 radical (unpaired) electrons.